The Bertz CT molecular complexity index is 1900. The van der Waals surface area contributed by atoms with Gasteiger partial charge in [0.05, 0.1) is 35.3 Å². The molecule has 1 aliphatic heterocycles. The highest BCUT2D eigenvalue weighted by Gasteiger charge is 2.52. The summed E-state index contributed by atoms with van der Waals surface area (Å²) in [5.41, 5.74) is 4.27. The third-order valence-corrected chi connectivity index (χ3v) is 10.4. The highest BCUT2D eigenvalue weighted by atomic mass is 32.2. The van der Waals surface area contributed by atoms with Gasteiger partial charge in [0.25, 0.3) is 5.91 Å². The first kappa shape index (κ1) is 31.3. The summed E-state index contributed by atoms with van der Waals surface area (Å²) in [5, 5.41) is 3.26. The molecule has 1 aliphatic carbocycles. The normalized spacial score (nSPS) is 17.6. The summed E-state index contributed by atoms with van der Waals surface area (Å²) in [6.45, 7) is 10.1. The van der Waals surface area contributed by atoms with E-state index in [1.54, 1.807) is 18.2 Å². The Morgan fingerprint density at radius 2 is 1.67 bits per heavy atom. The number of sulfonamides is 1. The molecule has 3 aromatic carbocycles. The van der Waals surface area contributed by atoms with Gasteiger partial charge in [-0.05, 0) is 100 Å². The maximum absolute atomic E-state index is 13.7. The zero-order chi connectivity index (χ0) is 32.5. The number of fused-ring (bicyclic) bond motifs is 1. The highest BCUT2D eigenvalue weighted by Crippen LogP contribution is 2.48. The van der Waals surface area contributed by atoms with Crippen LogP contribution in [0, 0.1) is 12.7 Å². The Hall–Kier alpha value is -3.67. The van der Waals surface area contributed by atoms with E-state index >= 15 is 0 Å². The first-order valence-electron chi connectivity index (χ1n) is 15.1. The molecule has 1 aromatic heterocycles. The van der Waals surface area contributed by atoms with Crippen molar-refractivity contribution in [2.75, 3.05) is 17.6 Å². The number of nitrogens with one attached hydrogen (secondary N) is 1. The quantitative estimate of drug-likeness (QED) is 0.238. The maximum Gasteiger partial charge on any atom is 0.495 e. The molecule has 0 atom stereocenters. The lowest BCUT2D eigenvalue weighted by Gasteiger charge is -2.32. The summed E-state index contributed by atoms with van der Waals surface area (Å²) >= 11 is 0. The molecule has 2 heterocycles. The number of anilines is 1. The van der Waals surface area contributed by atoms with Gasteiger partial charge in [0.2, 0.25) is 10.0 Å². The molecule has 11 heteroatoms. The molecule has 0 spiro atoms. The summed E-state index contributed by atoms with van der Waals surface area (Å²) in [4.78, 5) is 13.1. The van der Waals surface area contributed by atoms with E-state index in [4.69, 9.17) is 13.7 Å². The van der Waals surface area contributed by atoms with Crippen LogP contribution in [0.4, 0.5) is 10.1 Å². The van der Waals surface area contributed by atoms with Gasteiger partial charge in [0, 0.05) is 24.1 Å². The fourth-order valence-electron chi connectivity index (χ4n) is 5.86. The van der Waals surface area contributed by atoms with Crippen LogP contribution in [0.15, 0.2) is 59.0 Å². The predicted octanol–water partition coefficient (Wildman–Crippen LogP) is 6.05. The van der Waals surface area contributed by atoms with E-state index < -0.39 is 34.2 Å². The molecule has 6 rings (SSSR count). The van der Waals surface area contributed by atoms with Crippen molar-refractivity contribution in [3.05, 3.63) is 82.7 Å². The Balaban J connectivity index is 1.42. The van der Waals surface area contributed by atoms with E-state index in [1.165, 1.54) is 29.7 Å². The first-order chi connectivity index (χ1) is 21.1. The number of benzene rings is 3. The largest absolute Gasteiger partial charge is 0.495 e. The Morgan fingerprint density at radius 1 is 1.02 bits per heavy atom. The van der Waals surface area contributed by atoms with Gasteiger partial charge in [-0.15, -0.1) is 0 Å². The topological polar surface area (TPSA) is 98.1 Å². The molecule has 236 valence electrons. The van der Waals surface area contributed by atoms with Gasteiger partial charge in [-0.3, -0.25) is 9.10 Å². The summed E-state index contributed by atoms with van der Waals surface area (Å²) in [7, 11) is -2.73. The second-order valence-electron chi connectivity index (χ2n) is 13.1. The van der Waals surface area contributed by atoms with E-state index in [-0.39, 0.29) is 18.4 Å². The van der Waals surface area contributed by atoms with Gasteiger partial charge in [0.1, 0.15) is 17.2 Å². The number of carbonyl (C=O) groups excluding carboxylic acids is 1. The molecule has 4 aromatic rings. The molecule has 0 unspecified atom stereocenters. The number of aryl methyl sites for hydroxylation is 1. The third kappa shape index (κ3) is 5.77. The monoisotopic (exact) mass is 632 g/mol. The molecule has 0 bridgehead atoms. The van der Waals surface area contributed by atoms with Crippen molar-refractivity contribution in [3.63, 3.8) is 0 Å². The van der Waals surface area contributed by atoms with Crippen molar-refractivity contribution in [2.24, 2.45) is 0 Å². The molecule has 1 saturated heterocycles. The van der Waals surface area contributed by atoms with Crippen molar-refractivity contribution < 1.29 is 31.3 Å². The van der Waals surface area contributed by atoms with E-state index in [9.17, 15) is 17.6 Å². The van der Waals surface area contributed by atoms with Gasteiger partial charge in [-0.2, -0.15) is 0 Å². The van der Waals surface area contributed by atoms with Crippen LogP contribution < -0.4 is 15.1 Å². The van der Waals surface area contributed by atoms with Gasteiger partial charge in [-0.1, -0.05) is 23.8 Å². The van der Waals surface area contributed by atoms with Crippen LogP contribution in [0.25, 0.3) is 22.3 Å². The van der Waals surface area contributed by atoms with Crippen LogP contribution in [-0.2, 0) is 25.9 Å². The van der Waals surface area contributed by atoms with Crippen molar-refractivity contribution in [1.82, 2.24) is 5.32 Å². The lowest BCUT2D eigenvalue weighted by Crippen LogP contribution is -2.41. The van der Waals surface area contributed by atoms with E-state index in [1.807, 2.05) is 58.9 Å². The SMILES string of the molecule is CNC(=O)c1c(-c2ccc(F)cc2)oc2cc(N(Cc3ccc(B4OC(C)(C)C(C)(C)O4)c(C)c3)S(C)(=O)=O)c(C3CC3)cc12. The summed E-state index contributed by atoms with van der Waals surface area (Å²) in [6.07, 6.45) is 3.02. The fraction of sp³-hybridized carbons (Fsp3) is 0.382. The smallest absolute Gasteiger partial charge is 0.455 e. The highest BCUT2D eigenvalue weighted by molar-refractivity contribution is 7.92. The number of carbonyl (C=O) groups is 1. The number of hydrogen-bond acceptors (Lipinski definition) is 6. The van der Waals surface area contributed by atoms with Crippen molar-refractivity contribution in [3.8, 4) is 11.3 Å². The molecule has 1 amide bonds. The maximum atomic E-state index is 13.7. The average molecular weight is 633 g/mol. The van der Waals surface area contributed by atoms with Crippen molar-refractivity contribution in [2.45, 2.75) is 71.1 Å². The number of nitrogens with zero attached hydrogens (tertiary/aromatic N) is 1. The van der Waals surface area contributed by atoms with Gasteiger partial charge in [0.15, 0.2) is 0 Å². The molecular weight excluding hydrogens is 594 g/mol. The lowest BCUT2D eigenvalue weighted by atomic mass is 9.76. The minimum Gasteiger partial charge on any atom is -0.455 e. The van der Waals surface area contributed by atoms with E-state index in [0.29, 0.717) is 33.5 Å². The molecule has 0 radical (unpaired) electrons. The number of rotatable bonds is 8. The zero-order valence-electron chi connectivity index (χ0n) is 26.7. The summed E-state index contributed by atoms with van der Waals surface area (Å²) in [6, 6.07) is 15.1. The molecular formula is C34H38BFN2O6S. The predicted molar refractivity (Wildman–Crippen MR) is 175 cm³/mol. The fourth-order valence-corrected chi connectivity index (χ4v) is 6.76. The van der Waals surface area contributed by atoms with Crippen LogP contribution in [0.2, 0.25) is 0 Å². The van der Waals surface area contributed by atoms with E-state index in [0.717, 1.165) is 35.0 Å². The average Bonchev–Trinajstić information content (AvgIpc) is 3.70. The van der Waals surface area contributed by atoms with Crippen molar-refractivity contribution in [1.29, 1.82) is 0 Å². The zero-order valence-corrected chi connectivity index (χ0v) is 27.5. The summed E-state index contributed by atoms with van der Waals surface area (Å²) in [5.74, 6) is -0.302. The van der Waals surface area contributed by atoms with Gasteiger partial charge >= 0.3 is 7.12 Å². The number of furan rings is 1. The Labute approximate surface area is 264 Å². The van der Waals surface area contributed by atoms with Crippen LogP contribution in [-0.4, -0.2) is 45.9 Å². The molecule has 2 aliphatic rings. The molecule has 8 nitrogen and oxygen atoms in total. The van der Waals surface area contributed by atoms with Crippen LogP contribution in [0.3, 0.4) is 0 Å². The second kappa shape index (κ2) is 11.0. The minimum absolute atomic E-state index is 0.0996. The van der Waals surface area contributed by atoms with Gasteiger partial charge in [-0.25, -0.2) is 12.8 Å². The minimum atomic E-state index is -3.74. The standard InChI is InChI=1S/C34H38BFN2O6S/c1-20-16-21(8-15-27(20)35-43-33(2,3)34(4,5)44-35)19-38(45(7,40)41)28-18-29-26(17-25(28)22-9-10-22)30(32(39)37-6)31(42-29)23-11-13-24(36)14-12-23/h8,11-18,22H,9-10,19H2,1-7H3,(H,37,39). The van der Waals surface area contributed by atoms with Crippen LogP contribution >= 0.6 is 0 Å². The number of amides is 1. The van der Waals surface area contributed by atoms with Gasteiger partial charge < -0.3 is 19.0 Å². The number of halogens is 1. The lowest BCUT2D eigenvalue weighted by molar-refractivity contribution is 0.00578. The first-order valence-corrected chi connectivity index (χ1v) is 17.0. The van der Waals surface area contributed by atoms with E-state index in [2.05, 4.69) is 5.32 Å². The van der Waals surface area contributed by atoms with Crippen LogP contribution in [0.5, 0.6) is 0 Å². The summed E-state index contributed by atoms with van der Waals surface area (Å²) < 4.78 is 60.7. The van der Waals surface area contributed by atoms with Crippen LogP contribution in [0.1, 0.15) is 73.5 Å². The molecule has 45 heavy (non-hydrogen) atoms. The molecule has 2 fully saturated rings. The molecule has 1 N–H and O–H groups in total. The van der Waals surface area contributed by atoms with Crippen molar-refractivity contribution >= 4 is 45.2 Å². The Kier molecular flexibility index (Phi) is 7.65. The second-order valence-corrected chi connectivity index (χ2v) is 15.0. The third-order valence-electron chi connectivity index (χ3n) is 9.25. The number of hydrogen-bond donors (Lipinski definition) is 1. The molecule has 1 saturated carbocycles. The Morgan fingerprint density at radius 3 is 2.22 bits per heavy atom.